The number of aromatic amines is 1. The average molecular weight is 200 g/mol. The molecule has 3 nitrogen and oxygen atoms in total. The van der Waals surface area contributed by atoms with Crippen LogP contribution in [0.2, 0.25) is 5.02 Å². The number of halogens is 1. The highest BCUT2D eigenvalue weighted by Crippen LogP contribution is 2.34. The van der Waals surface area contributed by atoms with E-state index in [0.29, 0.717) is 10.9 Å². The van der Waals surface area contributed by atoms with Crippen LogP contribution in [-0.4, -0.2) is 16.1 Å². The second-order valence-electron chi connectivity index (χ2n) is 3.59. The van der Waals surface area contributed by atoms with Crippen LogP contribution in [0, 0.1) is 5.92 Å². The van der Waals surface area contributed by atoms with Gasteiger partial charge in [0, 0.05) is 5.69 Å². The molecule has 2 N–H and O–H groups in total. The maximum Gasteiger partial charge on any atom is 0.353 e. The second-order valence-corrected chi connectivity index (χ2v) is 3.97. The number of carbonyl (C=O) groups is 1. The minimum Gasteiger partial charge on any atom is -0.477 e. The number of fused-ring (bicyclic) bond motifs is 1. The molecule has 1 atom stereocenters. The van der Waals surface area contributed by atoms with Gasteiger partial charge in [-0.3, -0.25) is 0 Å². The van der Waals surface area contributed by atoms with E-state index in [-0.39, 0.29) is 5.69 Å². The highest BCUT2D eigenvalue weighted by Gasteiger charge is 2.26. The summed E-state index contributed by atoms with van der Waals surface area (Å²) in [6.45, 7) is 2.13. The second kappa shape index (κ2) is 2.77. The predicted octanol–water partition coefficient (Wildman–Crippen LogP) is 2.10. The van der Waals surface area contributed by atoms with Crippen molar-refractivity contribution in [3.63, 3.8) is 0 Å². The van der Waals surface area contributed by atoms with E-state index in [9.17, 15) is 4.79 Å². The monoisotopic (exact) mass is 199 g/mol. The number of carboxylic acid groups (broad SMARTS) is 1. The van der Waals surface area contributed by atoms with E-state index in [4.69, 9.17) is 16.7 Å². The van der Waals surface area contributed by atoms with E-state index >= 15 is 0 Å². The Morgan fingerprint density at radius 2 is 2.31 bits per heavy atom. The normalized spacial score (nSPS) is 20.3. The van der Waals surface area contributed by atoms with Crippen LogP contribution < -0.4 is 0 Å². The van der Waals surface area contributed by atoms with Crippen molar-refractivity contribution in [1.82, 2.24) is 4.98 Å². The van der Waals surface area contributed by atoms with Crippen LogP contribution in [0.15, 0.2) is 0 Å². The number of hydrogen-bond acceptors (Lipinski definition) is 1. The lowest BCUT2D eigenvalue weighted by Crippen LogP contribution is -2.00. The van der Waals surface area contributed by atoms with Crippen LogP contribution in [0.3, 0.4) is 0 Å². The molecule has 0 spiro atoms. The van der Waals surface area contributed by atoms with Gasteiger partial charge < -0.3 is 10.1 Å². The predicted molar refractivity (Wildman–Crippen MR) is 49.3 cm³/mol. The Labute approximate surface area is 80.7 Å². The molecule has 1 unspecified atom stereocenters. The summed E-state index contributed by atoms with van der Waals surface area (Å²) in [5.74, 6) is -0.409. The SMILES string of the molecule is CC1Cc2[nH]c(C(=O)O)c(Cl)c2C1. The maximum absolute atomic E-state index is 10.7. The molecule has 70 valence electrons. The van der Waals surface area contributed by atoms with Gasteiger partial charge in [0.1, 0.15) is 5.69 Å². The van der Waals surface area contributed by atoms with Crippen molar-refractivity contribution >= 4 is 17.6 Å². The fourth-order valence-corrected chi connectivity index (χ4v) is 2.19. The molecular formula is C9H10ClNO2. The lowest BCUT2D eigenvalue weighted by atomic mass is 10.1. The molecule has 1 aliphatic rings. The number of rotatable bonds is 1. The first-order chi connectivity index (χ1) is 6.09. The van der Waals surface area contributed by atoms with E-state index in [0.717, 1.165) is 24.1 Å². The van der Waals surface area contributed by atoms with Gasteiger partial charge >= 0.3 is 5.97 Å². The zero-order valence-electron chi connectivity index (χ0n) is 7.22. The number of nitrogens with one attached hydrogen (secondary N) is 1. The number of aromatic carboxylic acids is 1. The lowest BCUT2D eigenvalue weighted by molar-refractivity contribution is 0.0691. The van der Waals surface area contributed by atoms with E-state index in [1.807, 2.05) is 0 Å². The van der Waals surface area contributed by atoms with Gasteiger partial charge in [-0.25, -0.2) is 4.79 Å². The van der Waals surface area contributed by atoms with Crippen molar-refractivity contribution in [3.05, 3.63) is 22.0 Å². The molecule has 1 aromatic heterocycles. The standard InChI is InChI=1S/C9H10ClNO2/c1-4-2-5-6(3-4)11-8(7(5)10)9(12)13/h4,11H,2-3H2,1H3,(H,12,13). The number of hydrogen-bond donors (Lipinski definition) is 2. The van der Waals surface area contributed by atoms with Crippen molar-refractivity contribution in [2.45, 2.75) is 19.8 Å². The number of aromatic nitrogens is 1. The van der Waals surface area contributed by atoms with Gasteiger partial charge in [-0.15, -0.1) is 0 Å². The molecule has 0 bridgehead atoms. The molecule has 4 heteroatoms. The molecule has 1 aromatic rings. The molecule has 0 saturated carbocycles. The summed E-state index contributed by atoms with van der Waals surface area (Å²) < 4.78 is 0. The van der Waals surface area contributed by atoms with Crippen LogP contribution in [0.25, 0.3) is 0 Å². The molecule has 2 rings (SSSR count). The van der Waals surface area contributed by atoms with Gasteiger partial charge in [0.2, 0.25) is 0 Å². The van der Waals surface area contributed by atoms with Crippen molar-refractivity contribution in [1.29, 1.82) is 0 Å². The Balaban J connectivity index is 2.47. The Morgan fingerprint density at radius 3 is 2.85 bits per heavy atom. The average Bonchev–Trinajstić information content (AvgIpc) is 2.51. The molecule has 0 amide bonds. The van der Waals surface area contributed by atoms with Gasteiger partial charge in [-0.1, -0.05) is 18.5 Å². The van der Waals surface area contributed by atoms with Crippen LogP contribution in [0.5, 0.6) is 0 Å². The van der Waals surface area contributed by atoms with Crippen molar-refractivity contribution in [2.75, 3.05) is 0 Å². The van der Waals surface area contributed by atoms with E-state index in [1.54, 1.807) is 0 Å². The Bertz CT molecular complexity index is 370. The van der Waals surface area contributed by atoms with Gasteiger partial charge in [0.15, 0.2) is 0 Å². The first-order valence-electron chi connectivity index (χ1n) is 4.22. The van der Waals surface area contributed by atoms with E-state index in [1.165, 1.54) is 0 Å². The third-order valence-corrected chi connectivity index (χ3v) is 2.86. The first-order valence-corrected chi connectivity index (χ1v) is 4.60. The third-order valence-electron chi connectivity index (χ3n) is 2.44. The fraction of sp³-hybridized carbons (Fsp3) is 0.444. The van der Waals surface area contributed by atoms with Gasteiger partial charge in [-0.05, 0) is 24.3 Å². The Morgan fingerprint density at radius 1 is 1.62 bits per heavy atom. The zero-order valence-corrected chi connectivity index (χ0v) is 7.98. The molecule has 0 aromatic carbocycles. The summed E-state index contributed by atoms with van der Waals surface area (Å²) >= 11 is 5.92. The van der Waals surface area contributed by atoms with E-state index in [2.05, 4.69) is 11.9 Å². The number of carboxylic acids is 1. The minimum atomic E-state index is -0.980. The summed E-state index contributed by atoms with van der Waals surface area (Å²) in [7, 11) is 0. The minimum absolute atomic E-state index is 0.138. The molecular weight excluding hydrogens is 190 g/mol. The Hall–Kier alpha value is -0.960. The van der Waals surface area contributed by atoms with Crippen LogP contribution in [0.4, 0.5) is 0 Å². The van der Waals surface area contributed by atoms with Gasteiger partial charge in [-0.2, -0.15) is 0 Å². The smallest absolute Gasteiger partial charge is 0.353 e. The third kappa shape index (κ3) is 1.23. The largest absolute Gasteiger partial charge is 0.477 e. The van der Waals surface area contributed by atoms with Gasteiger partial charge in [0.05, 0.1) is 5.02 Å². The van der Waals surface area contributed by atoms with Crippen LogP contribution in [-0.2, 0) is 12.8 Å². The van der Waals surface area contributed by atoms with Crippen molar-refractivity contribution in [2.24, 2.45) is 5.92 Å². The van der Waals surface area contributed by atoms with Crippen molar-refractivity contribution in [3.8, 4) is 0 Å². The van der Waals surface area contributed by atoms with Crippen molar-refractivity contribution < 1.29 is 9.90 Å². The van der Waals surface area contributed by atoms with Gasteiger partial charge in [0.25, 0.3) is 0 Å². The summed E-state index contributed by atoms with van der Waals surface area (Å²) in [5, 5.41) is 9.17. The summed E-state index contributed by atoms with van der Waals surface area (Å²) in [6, 6.07) is 0. The molecule has 0 aliphatic heterocycles. The molecule has 0 fully saturated rings. The molecule has 1 heterocycles. The highest BCUT2D eigenvalue weighted by atomic mass is 35.5. The highest BCUT2D eigenvalue weighted by molar-refractivity contribution is 6.34. The fourth-order valence-electron chi connectivity index (χ4n) is 1.87. The van der Waals surface area contributed by atoms with Crippen LogP contribution >= 0.6 is 11.6 Å². The van der Waals surface area contributed by atoms with E-state index < -0.39 is 5.97 Å². The molecule has 0 saturated heterocycles. The first kappa shape index (κ1) is 8.63. The summed E-state index contributed by atoms with van der Waals surface area (Å²) in [5.41, 5.74) is 2.13. The maximum atomic E-state index is 10.7. The summed E-state index contributed by atoms with van der Waals surface area (Å²) in [4.78, 5) is 13.6. The lowest BCUT2D eigenvalue weighted by Gasteiger charge is -1.98. The number of H-pyrrole nitrogens is 1. The quantitative estimate of drug-likeness (QED) is 0.728. The Kier molecular flexibility index (Phi) is 1.84. The molecule has 13 heavy (non-hydrogen) atoms. The topological polar surface area (TPSA) is 53.1 Å². The summed E-state index contributed by atoms with van der Waals surface area (Å²) in [6.07, 6.45) is 1.79. The van der Waals surface area contributed by atoms with Crippen LogP contribution in [0.1, 0.15) is 28.7 Å². The zero-order chi connectivity index (χ0) is 9.59. The molecule has 1 aliphatic carbocycles. The molecule has 0 radical (unpaired) electrons.